The first kappa shape index (κ1) is 80.4. The zero-order valence-electron chi connectivity index (χ0n) is 57.8. The highest BCUT2D eigenvalue weighted by Crippen LogP contribution is 2.40. The van der Waals surface area contributed by atoms with E-state index in [9.17, 15) is 46.3 Å². The van der Waals surface area contributed by atoms with Gasteiger partial charge in [0.2, 0.25) is 0 Å². The summed E-state index contributed by atoms with van der Waals surface area (Å²) in [5.74, 6) is -2.26. The van der Waals surface area contributed by atoms with Crippen LogP contribution in [0, 0.1) is 29.1 Å². The summed E-state index contributed by atoms with van der Waals surface area (Å²) in [6.07, 6.45) is 8.13. The minimum absolute atomic E-state index is 0.0521. The number of halogens is 5. The van der Waals surface area contributed by atoms with Crippen LogP contribution in [0.1, 0.15) is 51.7 Å². The number of nitrogens with zero attached hydrogens (tertiary/aromatic N) is 4. The van der Waals surface area contributed by atoms with Crippen molar-refractivity contribution in [1.29, 1.82) is 0 Å². The Morgan fingerprint density at radius 1 is 0.524 bits per heavy atom. The molecule has 2 aliphatic rings. The predicted molar refractivity (Wildman–Crippen MR) is 399 cm³/mol. The maximum atomic E-state index is 15.1. The van der Waals surface area contributed by atoms with E-state index < -0.39 is 46.8 Å². The Morgan fingerprint density at radius 2 is 0.952 bits per heavy atom. The van der Waals surface area contributed by atoms with E-state index >= 15 is 4.39 Å². The SMILES string of the molecule is CC(=O)C1=CCC(=S)N(c2ccc(F)cc2)C1=O.CCO/C=C(/C(C)=O)C(=O)OCC.COc1cc2nccc(Oc3ccc(CC(=O)C4=CCC(=S)N(c5ccc(F)cc5)C4=O)cc3F)c2cc1OC.COc1cc2nccc(Oc3ccc(N)cc3F)c2cc1OC.NC(=S)Cc1ccc(F)cc1. The van der Waals surface area contributed by atoms with Crippen molar-refractivity contribution in [3.8, 4) is 46.0 Å². The summed E-state index contributed by atoms with van der Waals surface area (Å²) in [5, 5.41) is 1.27. The number of fused-ring (bicyclic) bond motifs is 2. The van der Waals surface area contributed by atoms with Crippen molar-refractivity contribution in [2.45, 2.75) is 53.4 Å². The molecule has 0 saturated heterocycles. The van der Waals surface area contributed by atoms with Crippen LogP contribution in [0.5, 0.6) is 46.0 Å². The van der Waals surface area contributed by atoms with Gasteiger partial charge in [0.15, 0.2) is 63.5 Å². The number of nitrogens with two attached hydrogens (primary N) is 2. The van der Waals surface area contributed by atoms with Crippen LogP contribution >= 0.6 is 36.7 Å². The second-order valence-corrected chi connectivity index (χ2v) is 23.5. The number of esters is 1. The number of carbonyl (C=O) groups excluding carboxylic acids is 6. The average Bonchev–Trinajstić information content (AvgIpc) is 0.815. The van der Waals surface area contributed by atoms with Crippen LogP contribution in [0.3, 0.4) is 0 Å². The third kappa shape index (κ3) is 21.8. The van der Waals surface area contributed by atoms with Gasteiger partial charge in [0, 0.05) is 84.1 Å². The molecule has 2 amide bonds. The van der Waals surface area contributed by atoms with Crippen molar-refractivity contribution in [2.75, 3.05) is 57.2 Å². The summed E-state index contributed by atoms with van der Waals surface area (Å²) in [5.41, 5.74) is 14.5. The molecule has 9 aromatic rings. The Morgan fingerprint density at radius 3 is 1.37 bits per heavy atom. The van der Waals surface area contributed by atoms with Crippen molar-refractivity contribution >= 4 is 126 Å². The molecule has 20 nitrogen and oxygen atoms in total. The van der Waals surface area contributed by atoms with Gasteiger partial charge in [0.1, 0.15) is 40.8 Å². The van der Waals surface area contributed by atoms with Gasteiger partial charge in [-0.1, -0.05) is 67.0 Å². The van der Waals surface area contributed by atoms with Crippen LogP contribution in [-0.4, -0.2) is 102 Å². The average molecular weight is 1490 g/mol. The normalized spacial score (nSPS) is 12.4. The van der Waals surface area contributed by atoms with Gasteiger partial charge in [0.25, 0.3) is 11.8 Å². The van der Waals surface area contributed by atoms with E-state index in [1.807, 2.05) is 0 Å². The number of aromatic nitrogens is 2. The number of hydrogen-bond donors (Lipinski definition) is 2. The van der Waals surface area contributed by atoms with Gasteiger partial charge in [0.05, 0.1) is 78.8 Å². The number of ketones is 3. The van der Waals surface area contributed by atoms with Gasteiger partial charge in [-0.25, -0.2) is 26.7 Å². The van der Waals surface area contributed by atoms with Crippen molar-refractivity contribution in [3.05, 3.63) is 233 Å². The first-order chi connectivity index (χ1) is 50.2. The highest BCUT2D eigenvalue weighted by Gasteiger charge is 2.32. The molecule has 2 aromatic heterocycles. The Labute approximate surface area is 616 Å². The number of rotatable bonds is 21. The number of amides is 2. The van der Waals surface area contributed by atoms with Crippen LogP contribution in [0.15, 0.2) is 193 Å². The standard InChI is InChI=1S/C30H22F2N2O5S.C17H15FN2O3.C13H10FNO2S.C9H14O4.C8H8FNS/c1-37-27-15-21-23(16-28(27)38-2)33-12-11-25(21)39-26-9-3-17(13-22(26)32)14-24(35)20-8-10-29(40)34(30(20)36)19-6-4-18(31)5-7-19;1-21-16-8-11-13(9-17(16)22-2)20-6-5-14(11)23-15-4-3-10(19)7-12(15)18;1-8(16)11-6-7-12(18)15(13(11)17)10-4-2-9(14)3-5-10;1-4-12-6-8(7(3)10)9(11)13-5-2;9-7-3-1-6(2-4-7)5-8(10)11/h3-9,11-13,15-16H,10,14H2,1-2H3;3-9H,19H2,1-2H3;2-6H,7H2,1H3;6H,4-5H2,1-3H3;1-4H,5H2,(H2,10,11)/b;;;8-6-;. The summed E-state index contributed by atoms with van der Waals surface area (Å²) >= 11 is 15.1. The van der Waals surface area contributed by atoms with E-state index in [1.165, 1.54) is 141 Å². The number of carbonyl (C=O) groups is 6. The van der Waals surface area contributed by atoms with Gasteiger partial charge in [-0.2, -0.15) is 0 Å². The smallest absolute Gasteiger partial charge is 0.344 e. The number of ether oxygens (including phenoxy) is 8. The van der Waals surface area contributed by atoms with Crippen LogP contribution in [0.25, 0.3) is 21.8 Å². The molecule has 0 fully saturated rings. The molecular weight excluding hydrogens is 1420 g/mol. The molecule has 0 aliphatic carbocycles. The van der Waals surface area contributed by atoms with Crippen LogP contribution in [0.2, 0.25) is 0 Å². The van der Waals surface area contributed by atoms with E-state index in [-0.39, 0.29) is 65.1 Å². The lowest BCUT2D eigenvalue weighted by Gasteiger charge is -2.27. The van der Waals surface area contributed by atoms with E-state index in [0.29, 0.717) is 113 Å². The first-order valence-electron chi connectivity index (χ1n) is 31.7. The Balaban J connectivity index is 0.000000201. The van der Waals surface area contributed by atoms with Crippen molar-refractivity contribution in [1.82, 2.24) is 9.97 Å². The fourth-order valence-corrected chi connectivity index (χ4v) is 10.5. The largest absolute Gasteiger partial charge is 0.500 e. The summed E-state index contributed by atoms with van der Waals surface area (Å²) in [6.45, 7) is 6.73. The lowest BCUT2D eigenvalue weighted by molar-refractivity contribution is -0.140. The molecule has 28 heteroatoms. The number of benzene rings is 7. The summed E-state index contributed by atoms with van der Waals surface area (Å²) < 4.78 is 110. The molecule has 0 atom stereocenters. The number of nitrogen functional groups attached to an aromatic ring is 1. The van der Waals surface area contributed by atoms with E-state index in [4.69, 9.17) is 81.3 Å². The van der Waals surface area contributed by atoms with E-state index in [2.05, 4.69) is 14.7 Å². The number of anilines is 3. The molecule has 0 bridgehead atoms. The maximum absolute atomic E-state index is 15.1. The third-order valence-corrected chi connectivity index (χ3v) is 15.7. The molecule has 4 N–H and O–H groups in total. The maximum Gasteiger partial charge on any atom is 0.344 e. The molecule has 0 unspecified atom stereocenters. The second-order valence-electron chi connectivity index (χ2n) is 22.1. The predicted octanol–water partition coefficient (Wildman–Crippen LogP) is 15.0. The Bertz CT molecular complexity index is 4850. The Kier molecular flexibility index (Phi) is 29.4. The summed E-state index contributed by atoms with van der Waals surface area (Å²) in [7, 11) is 6.11. The molecule has 0 radical (unpaired) electrons. The minimum Gasteiger partial charge on any atom is -0.500 e. The monoisotopic (exact) mass is 1490 g/mol. The van der Waals surface area contributed by atoms with Crippen molar-refractivity contribution in [3.63, 3.8) is 0 Å². The number of methoxy groups -OCH3 is 4. The number of hydrogen-bond acceptors (Lipinski definition) is 20. The third-order valence-electron chi connectivity index (χ3n) is 14.9. The topological polar surface area (TPSA) is 261 Å². The Hall–Kier alpha value is -11.9. The summed E-state index contributed by atoms with van der Waals surface area (Å²) in [6, 6.07) is 35.4. The molecule has 544 valence electrons. The molecular formula is C77H69F5N6O14S3. The first-order valence-corrected chi connectivity index (χ1v) is 32.9. The lowest BCUT2D eigenvalue weighted by atomic mass is 9.98. The van der Waals surface area contributed by atoms with Crippen molar-refractivity contribution in [2.24, 2.45) is 5.73 Å². The zero-order chi connectivity index (χ0) is 76.6. The number of Topliss-reactive ketones (excluding diaryl/α,β-unsaturated/α-hetero) is 3. The second kappa shape index (κ2) is 38.4. The number of thiocarbonyl (C=S) groups is 3. The fraction of sp³-hybridized carbons (Fsp3) is 0.182. The van der Waals surface area contributed by atoms with Crippen LogP contribution in [-0.2, 0) is 51.1 Å². The van der Waals surface area contributed by atoms with E-state index in [1.54, 1.807) is 94.9 Å². The molecule has 11 rings (SSSR count). The van der Waals surface area contributed by atoms with Crippen molar-refractivity contribution < 1.29 is 88.6 Å². The minimum atomic E-state index is -0.686. The van der Waals surface area contributed by atoms with Gasteiger partial charge in [-0.15, -0.1) is 0 Å². The van der Waals surface area contributed by atoms with Gasteiger partial charge in [-0.05, 0) is 148 Å². The molecule has 0 saturated carbocycles. The molecule has 2 aliphatic heterocycles. The summed E-state index contributed by atoms with van der Waals surface area (Å²) in [4.78, 5) is 83.8. The van der Waals surface area contributed by atoms with Crippen LogP contribution in [0.4, 0.5) is 39.0 Å². The van der Waals surface area contributed by atoms with Gasteiger partial charge >= 0.3 is 5.97 Å². The fourth-order valence-electron chi connectivity index (χ4n) is 9.81. The molecule has 7 aromatic carbocycles. The van der Waals surface area contributed by atoms with Crippen LogP contribution < -0.4 is 49.7 Å². The highest BCUT2D eigenvalue weighted by atomic mass is 32.1. The molecule has 105 heavy (non-hydrogen) atoms. The lowest BCUT2D eigenvalue weighted by Crippen LogP contribution is -2.41. The van der Waals surface area contributed by atoms with E-state index in [0.717, 1.165) is 11.8 Å². The highest BCUT2D eigenvalue weighted by molar-refractivity contribution is 7.81. The van der Waals surface area contributed by atoms with Gasteiger partial charge in [-0.3, -0.25) is 43.7 Å². The quantitative estimate of drug-likeness (QED) is 0.00990. The molecule has 0 spiro atoms. The molecule has 4 heterocycles. The number of pyridine rings is 2. The zero-order valence-corrected chi connectivity index (χ0v) is 60.2. The van der Waals surface area contributed by atoms with Gasteiger partial charge < -0.3 is 49.4 Å².